The van der Waals surface area contributed by atoms with Gasteiger partial charge in [-0.3, -0.25) is 0 Å². The molecule has 4 rings (SSSR count). The molecule has 0 aliphatic carbocycles. The molecular formula is C18H16S4. The molecule has 0 aromatic carbocycles. The van der Waals surface area contributed by atoms with E-state index in [-0.39, 0.29) is 0 Å². The minimum Gasteiger partial charge on any atom is -0.152 e. The lowest BCUT2D eigenvalue weighted by atomic mass is 10.5. The zero-order valence-corrected chi connectivity index (χ0v) is 15.1. The summed E-state index contributed by atoms with van der Waals surface area (Å²) in [6, 6.07) is 16.0. The Morgan fingerprint density at radius 1 is 0.591 bits per heavy atom. The van der Waals surface area contributed by atoms with E-state index in [1.165, 1.54) is 0 Å². The monoisotopic (exact) mass is 360 g/mol. The van der Waals surface area contributed by atoms with Crippen molar-refractivity contribution in [2.24, 2.45) is 0 Å². The molecule has 0 radical (unpaired) electrons. The predicted molar refractivity (Wildman–Crippen MR) is 105 cm³/mol. The smallest absolute Gasteiger partial charge is 0.0765 e. The summed E-state index contributed by atoms with van der Waals surface area (Å²) < 4.78 is 0. The van der Waals surface area contributed by atoms with Gasteiger partial charge in [0.25, 0.3) is 0 Å². The van der Waals surface area contributed by atoms with Crippen molar-refractivity contribution in [1.29, 1.82) is 0 Å². The van der Waals surface area contributed by atoms with E-state index in [1.54, 1.807) is 45.3 Å². The van der Waals surface area contributed by atoms with Crippen LogP contribution in [0.5, 0.6) is 0 Å². The normalized spacial score (nSPS) is 7.95. The first-order valence-electron chi connectivity index (χ1n) is 6.35. The highest BCUT2D eigenvalue weighted by Gasteiger charge is 1.79. The second kappa shape index (κ2) is 14.3. The highest BCUT2D eigenvalue weighted by atomic mass is 32.1. The van der Waals surface area contributed by atoms with Crippen molar-refractivity contribution >= 4 is 45.3 Å². The molecule has 0 saturated carbocycles. The minimum absolute atomic E-state index is 1.00. The molecule has 4 aromatic rings. The lowest BCUT2D eigenvalue weighted by molar-refractivity contribution is 1.95. The minimum atomic E-state index is 1.00. The van der Waals surface area contributed by atoms with E-state index in [1.807, 2.05) is 86.2 Å². The molecule has 0 bridgehead atoms. The number of hydrogen-bond donors (Lipinski definition) is 0. The van der Waals surface area contributed by atoms with E-state index in [0.717, 1.165) is 4.88 Å². The predicted octanol–water partition coefficient (Wildman–Crippen LogP) is 6.97. The first-order chi connectivity index (χ1) is 10.9. The van der Waals surface area contributed by atoms with E-state index in [2.05, 4.69) is 5.92 Å². The van der Waals surface area contributed by atoms with Gasteiger partial charge in [0.05, 0.1) is 4.88 Å². The van der Waals surface area contributed by atoms with Crippen LogP contribution in [0.4, 0.5) is 0 Å². The van der Waals surface area contributed by atoms with Gasteiger partial charge < -0.3 is 0 Å². The highest BCUT2D eigenvalue weighted by molar-refractivity contribution is 7.10. The largest absolute Gasteiger partial charge is 0.152 e. The Kier molecular flexibility index (Phi) is 12.0. The van der Waals surface area contributed by atoms with E-state index in [0.29, 0.717) is 0 Å². The first-order valence-corrected chi connectivity index (χ1v) is 10.1. The van der Waals surface area contributed by atoms with Gasteiger partial charge in [0.15, 0.2) is 0 Å². The van der Waals surface area contributed by atoms with Crippen LogP contribution in [-0.2, 0) is 0 Å². The molecule has 4 aromatic heterocycles. The summed E-state index contributed by atoms with van der Waals surface area (Å²) >= 11 is 6.73. The average Bonchev–Trinajstić information content (AvgIpc) is 3.44. The van der Waals surface area contributed by atoms with E-state index in [9.17, 15) is 0 Å². The van der Waals surface area contributed by atoms with Crippen LogP contribution in [0.25, 0.3) is 0 Å². The summed E-state index contributed by atoms with van der Waals surface area (Å²) in [5, 5.41) is 14.2. The Morgan fingerprint density at radius 2 is 1.00 bits per heavy atom. The van der Waals surface area contributed by atoms with Crippen LogP contribution >= 0.6 is 45.3 Å². The van der Waals surface area contributed by atoms with Crippen molar-refractivity contribution in [2.45, 2.75) is 0 Å². The first kappa shape index (κ1) is 18.4. The zero-order valence-electron chi connectivity index (χ0n) is 11.9. The number of rotatable bonds is 0. The summed E-state index contributed by atoms with van der Waals surface area (Å²) in [4.78, 5) is 1.00. The van der Waals surface area contributed by atoms with Crippen molar-refractivity contribution < 1.29 is 0 Å². The maximum atomic E-state index is 5.05. The Labute approximate surface area is 148 Å². The van der Waals surface area contributed by atoms with Crippen molar-refractivity contribution in [1.82, 2.24) is 0 Å². The molecule has 0 aliphatic rings. The fourth-order valence-electron chi connectivity index (χ4n) is 1.04. The number of thiophene rings is 4. The van der Waals surface area contributed by atoms with Crippen LogP contribution in [-0.4, -0.2) is 0 Å². The summed E-state index contributed by atoms with van der Waals surface area (Å²) in [5.74, 6) is 2.53. The molecule has 0 N–H and O–H groups in total. The SMILES string of the molecule is C#Cc1cccs1.c1ccsc1.c1ccsc1.c1ccsc1. The Bertz CT molecular complexity index is 525. The van der Waals surface area contributed by atoms with Gasteiger partial charge in [0.1, 0.15) is 0 Å². The molecule has 22 heavy (non-hydrogen) atoms. The van der Waals surface area contributed by atoms with Gasteiger partial charge in [-0.15, -0.1) is 17.8 Å². The van der Waals surface area contributed by atoms with Gasteiger partial charge in [0.2, 0.25) is 0 Å². The second-order valence-corrected chi connectivity index (χ2v) is 6.90. The zero-order chi connectivity index (χ0) is 15.7. The number of hydrogen-bond acceptors (Lipinski definition) is 4. The van der Waals surface area contributed by atoms with Crippen LogP contribution < -0.4 is 0 Å². The molecule has 4 heteroatoms. The summed E-state index contributed by atoms with van der Waals surface area (Å²) in [6.07, 6.45) is 5.05. The molecule has 0 unspecified atom stereocenters. The van der Waals surface area contributed by atoms with E-state index >= 15 is 0 Å². The molecule has 0 amide bonds. The van der Waals surface area contributed by atoms with Gasteiger partial charge in [-0.1, -0.05) is 48.4 Å². The summed E-state index contributed by atoms with van der Waals surface area (Å²) in [6.45, 7) is 0. The summed E-state index contributed by atoms with van der Waals surface area (Å²) in [5.41, 5.74) is 0. The molecule has 0 fully saturated rings. The van der Waals surface area contributed by atoms with Gasteiger partial charge in [-0.2, -0.15) is 34.0 Å². The van der Waals surface area contributed by atoms with Gasteiger partial charge in [0, 0.05) is 0 Å². The maximum Gasteiger partial charge on any atom is 0.0765 e. The van der Waals surface area contributed by atoms with Crippen LogP contribution in [0.1, 0.15) is 4.88 Å². The summed E-state index contributed by atoms with van der Waals surface area (Å²) in [7, 11) is 0. The third kappa shape index (κ3) is 11.1. The highest BCUT2D eigenvalue weighted by Crippen LogP contribution is 2.04. The quantitative estimate of drug-likeness (QED) is 0.297. The van der Waals surface area contributed by atoms with Crippen LogP contribution in [0.2, 0.25) is 0 Å². The molecule has 0 atom stereocenters. The van der Waals surface area contributed by atoms with Crippen LogP contribution in [0.15, 0.2) is 86.2 Å². The maximum absolute atomic E-state index is 5.05. The molecule has 0 spiro atoms. The van der Waals surface area contributed by atoms with Crippen molar-refractivity contribution in [2.75, 3.05) is 0 Å². The average molecular weight is 361 g/mol. The Balaban J connectivity index is 0.000000148. The fraction of sp³-hybridized carbons (Fsp3) is 0. The lowest BCUT2D eigenvalue weighted by Gasteiger charge is -1.66. The van der Waals surface area contributed by atoms with Gasteiger partial charge in [-0.25, -0.2) is 0 Å². The topological polar surface area (TPSA) is 0 Å². The fourth-order valence-corrected chi connectivity index (χ4v) is 2.93. The molecule has 112 valence electrons. The Morgan fingerprint density at radius 3 is 1.14 bits per heavy atom. The van der Waals surface area contributed by atoms with Crippen LogP contribution in [0.3, 0.4) is 0 Å². The van der Waals surface area contributed by atoms with Crippen molar-refractivity contribution in [3.8, 4) is 12.3 Å². The molecular weight excluding hydrogens is 344 g/mol. The standard InChI is InChI=1S/C6H4S.3C4H4S/c1-2-6-4-3-5-7-6;3*1-2-4-5-3-1/h1,3-5H;3*1-4H. The van der Waals surface area contributed by atoms with E-state index in [4.69, 9.17) is 6.42 Å². The molecule has 0 saturated heterocycles. The number of terminal acetylenes is 1. The van der Waals surface area contributed by atoms with Gasteiger partial charge >= 0.3 is 0 Å². The molecule has 0 aliphatic heterocycles. The Hall–Kier alpha value is -1.64. The van der Waals surface area contributed by atoms with Crippen molar-refractivity contribution in [3.63, 3.8) is 0 Å². The van der Waals surface area contributed by atoms with Gasteiger partial charge in [-0.05, 0) is 43.7 Å². The molecule has 4 heterocycles. The second-order valence-electron chi connectivity index (χ2n) is 3.50. The van der Waals surface area contributed by atoms with E-state index < -0.39 is 0 Å². The third-order valence-corrected chi connectivity index (χ3v) is 4.63. The van der Waals surface area contributed by atoms with Crippen LogP contribution in [0, 0.1) is 12.3 Å². The lowest BCUT2D eigenvalue weighted by Crippen LogP contribution is -1.50. The molecule has 0 nitrogen and oxygen atoms in total. The van der Waals surface area contributed by atoms with Crippen molar-refractivity contribution in [3.05, 3.63) is 91.1 Å². The third-order valence-electron chi connectivity index (χ3n) is 1.94.